The van der Waals surface area contributed by atoms with Gasteiger partial charge in [-0.3, -0.25) is 9.59 Å². The van der Waals surface area contributed by atoms with Crippen LogP contribution in [0.3, 0.4) is 0 Å². The summed E-state index contributed by atoms with van der Waals surface area (Å²) in [5.74, 6) is 1.12. The second-order valence-electron chi connectivity index (χ2n) is 5.03. The van der Waals surface area contributed by atoms with E-state index in [0.717, 1.165) is 17.4 Å². The molecule has 22 heavy (non-hydrogen) atoms. The molecule has 0 unspecified atom stereocenters. The largest absolute Gasteiger partial charge is 0.496 e. The summed E-state index contributed by atoms with van der Waals surface area (Å²) in [6.45, 7) is 3.65. The minimum atomic E-state index is -0.0488. The normalized spacial score (nSPS) is 10.1. The highest BCUT2D eigenvalue weighted by atomic mass is 16.5. The van der Waals surface area contributed by atoms with E-state index in [-0.39, 0.29) is 12.4 Å². The van der Waals surface area contributed by atoms with Crippen molar-refractivity contribution >= 4 is 12.1 Å². The van der Waals surface area contributed by atoms with Gasteiger partial charge in [0.2, 0.25) is 0 Å². The number of carbonyl (C=O) groups excluding carboxylic acids is 2. The number of carbonyl (C=O) groups is 2. The van der Waals surface area contributed by atoms with Crippen molar-refractivity contribution in [3.63, 3.8) is 0 Å². The summed E-state index contributed by atoms with van der Waals surface area (Å²) in [5, 5.41) is 0. The molecule has 0 bridgehead atoms. The highest BCUT2D eigenvalue weighted by molar-refractivity contribution is 5.97. The van der Waals surface area contributed by atoms with E-state index in [2.05, 4.69) is 0 Å². The maximum absolute atomic E-state index is 11.7. The molecule has 0 aliphatic heterocycles. The van der Waals surface area contributed by atoms with Crippen LogP contribution in [0.1, 0.15) is 38.8 Å². The Kier molecular flexibility index (Phi) is 4.94. The first-order valence-corrected chi connectivity index (χ1v) is 6.91. The third kappa shape index (κ3) is 3.52. The summed E-state index contributed by atoms with van der Waals surface area (Å²) < 4.78 is 11.0. The topological polar surface area (TPSA) is 52.6 Å². The van der Waals surface area contributed by atoms with Gasteiger partial charge in [-0.2, -0.15) is 0 Å². The van der Waals surface area contributed by atoms with Crippen LogP contribution in [-0.4, -0.2) is 19.2 Å². The quantitative estimate of drug-likeness (QED) is 0.604. The summed E-state index contributed by atoms with van der Waals surface area (Å²) >= 11 is 0. The number of aryl methyl sites for hydroxylation is 1. The van der Waals surface area contributed by atoms with Crippen molar-refractivity contribution in [2.75, 3.05) is 7.11 Å². The molecular weight excluding hydrogens is 280 g/mol. The van der Waals surface area contributed by atoms with Gasteiger partial charge >= 0.3 is 0 Å². The Morgan fingerprint density at radius 3 is 2.50 bits per heavy atom. The van der Waals surface area contributed by atoms with Crippen molar-refractivity contribution in [2.45, 2.75) is 20.5 Å². The van der Waals surface area contributed by atoms with Gasteiger partial charge in [0.25, 0.3) is 0 Å². The van der Waals surface area contributed by atoms with Gasteiger partial charge in [0, 0.05) is 11.1 Å². The van der Waals surface area contributed by atoms with Crippen LogP contribution in [0, 0.1) is 6.92 Å². The zero-order valence-electron chi connectivity index (χ0n) is 12.9. The SMILES string of the molecule is COc1ccc(C=O)cc1COc1ccc(C)cc1C(C)=O. The van der Waals surface area contributed by atoms with E-state index in [0.29, 0.717) is 22.6 Å². The number of methoxy groups -OCH3 is 1. The van der Waals surface area contributed by atoms with E-state index in [1.165, 1.54) is 6.92 Å². The van der Waals surface area contributed by atoms with Gasteiger partial charge < -0.3 is 9.47 Å². The number of benzene rings is 2. The fourth-order valence-electron chi connectivity index (χ4n) is 2.18. The second kappa shape index (κ2) is 6.89. The average Bonchev–Trinajstić information content (AvgIpc) is 2.53. The molecule has 114 valence electrons. The van der Waals surface area contributed by atoms with Crippen molar-refractivity contribution in [3.8, 4) is 11.5 Å². The lowest BCUT2D eigenvalue weighted by Gasteiger charge is -2.13. The Bertz CT molecular complexity index is 704. The molecule has 0 fully saturated rings. The Labute approximate surface area is 129 Å². The molecule has 0 N–H and O–H groups in total. The number of hydrogen-bond acceptors (Lipinski definition) is 4. The first kappa shape index (κ1) is 15.8. The van der Waals surface area contributed by atoms with Gasteiger partial charge in [0.05, 0.1) is 12.7 Å². The fourth-order valence-corrected chi connectivity index (χ4v) is 2.18. The zero-order valence-corrected chi connectivity index (χ0v) is 12.9. The highest BCUT2D eigenvalue weighted by Gasteiger charge is 2.11. The number of Topliss-reactive ketones (excluding diaryl/α,β-unsaturated/α-hetero) is 1. The first-order chi connectivity index (χ1) is 10.5. The monoisotopic (exact) mass is 298 g/mol. The molecule has 4 nitrogen and oxygen atoms in total. The molecule has 2 aromatic rings. The summed E-state index contributed by atoms with van der Waals surface area (Å²) in [7, 11) is 1.56. The minimum absolute atomic E-state index is 0.0488. The predicted octanol–water partition coefficient (Wildman–Crippen LogP) is 3.60. The maximum atomic E-state index is 11.7. The van der Waals surface area contributed by atoms with Crippen LogP contribution in [0.5, 0.6) is 11.5 Å². The summed E-state index contributed by atoms with van der Waals surface area (Å²) in [5.41, 5.74) is 2.85. The summed E-state index contributed by atoms with van der Waals surface area (Å²) in [4.78, 5) is 22.6. The number of ether oxygens (including phenoxy) is 2. The molecule has 0 heterocycles. The summed E-state index contributed by atoms with van der Waals surface area (Å²) in [6, 6.07) is 10.6. The number of ketones is 1. The standard InChI is InChI=1S/C18H18O4/c1-12-4-6-18(16(8-12)13(2)20)22-11-15-9-14(10-19)5-7-17(15)21-3/h4-10H,11H2,1-3H3. The molecule has 0 aliphatic rings. The fraction of sp³-hybridized carbons (Fsp3) is 0.222. The molecule has 0 amide bonds. The Morgan fingerprint density at radius 1 is 1.14 bits per heavy atom. The van der Waals surface area contributed by atoms with Crippen LogP contribution >= 0.6 is 0 Å². The van der Waals surface area contributed by atoms with E-state index in [1.54, 1.807) is 37.4 Å². The van der Waals surface area contributed by atoms with Crippen molar-refractivity contribution in [2.24, 2.45) is 0 Å². The third-order valence-electron chi connectivity index (χ3n) is 3.34. The molecule has 0 radical (unpaired) electrons. The minimum Gasteiger partial charge on any atom is -0.496 e. The van der Waals surface area contributed by atoms with Crippen molar-refractivity contribution in [1.29, 1.82) is 0 Å². The number of aldehydes is 1. The van der Waals surface area contributed by atoms with E-state index in [4.69, 9.17) is 9.47 Å². The van der Waals surface area contributed by atoms with E-state index in [9.17, 15) is 9.59 Å². The average molecular weight is 298 g/mol. The van der Waals surface area contributed by atoms with Crippen LogP contribution in [0.25, 0.3) is 0 Å². The molecule has 2 aromatic carbocycles. The van der Waals surface area contributed by atoms with Gasteiger partial charge in [-0.25, -0.2) is 0 Å². The predicted molar refractivity (Wildman–Crippen MR) is 83.9 cm³/mol. The van der Waals surface area contributed by atoms with Gasteiger partial charge in [-0.05, 0) is 44.2 Å². The molecular formula is C18H18O4. The maximum Gasteiger partial charge on any atom is 0.163 e. The smallest absolute Gasteiger partial charge is 0.163 e. The zero-order chi connectivity index (χ0) is 16.1. The lowest BCUT2D eigenvalue weighted by molar-refractivity contribution is 0.101. The highest BCUT2D eigenvalue weighted by Crippen LogP contribution is 2.25. The first-order valence-electron chi connectivity index (χ1n) is 6.91. The van der Waals surface area contributed by atoms with Gasteiger partial charge in [-0.15, -0.1) is 0 Å². The third-order valence-corrected chi connectivity index (χ3v) is 3.34. The molecule has 0 saturated heterocycles. The molecule has 0 aliphatic carbocycles. The van der Waals surface area contributed by atoms with Gasteiger partial charge in [0.1, 0.15) is 24.4 Å². The van der Waals surface area contributed by atoms with Crippen LogP contribution in [0.4, 0.5) is 0 Å². The molecule has 0 atom stereocenters. The Balaban J connectivity index is 2.27. The van der Waals surface area contributed by atoms with Gasteiger partial charge in [-0.1, -0.05) is 11.6 Å². The summed E-state index contributed by atoms with van der Waals surface area (Å²) in [6.07, 6.45) is 0.774. The Morgan fingerprint density at radius 2 is 1.86 bits per heavy atom. The van der Waals surface area contributed by atoms with Crippen molar-refractivity contribution < 1.29 is 19.1 Å². The number of rotatable bonds is 6. The van der Waals surface area contributed by atoms with Gasteiger partial charge in [0.15, 0.2) is 5.78 Å². The molecule has 4 heteroatoms. The van der Waals surface area contributed by atoms with Crippen LogP contribution < -0.4 is 9.47 Å². The van der Waals surface area contributed by atoms with Crippen LogP contribution in [0.2, 0.25) is 0 Å². The van der Waals surface area contributed by atoms with Crippen LogP contribution in [0.15, 0.2) is 36.4 Å². The Hall–Kier alpha value is -2.62. The second-order valence-corrected chi connectivity index (χ2v) is 5.03. The number of hydrogen-bond donors (Lipinski definition) is 0. The van der Waals surface area contributed by atoms with Crippen LogP contribution in [-0.2, 0) is 6.61 Å². The van der Waals surface area contributed by atoms with Crippen molar-refractivity contribution in [1.82, 2.24) is 0 Å². The molecule has 2 rings (SSSR count). The van der Waals surface area contributed by atoms with E-state index in [1.807, 2.05) is 13.0 Å². The van der Waals surface area contributed by atoms with E-state index < -0.39 is 0 Å². The molecule has 0 aromatic heterocycles. The molecule has 0 saturated carbocycles. The van der Waals surface area contributed by atoms with E-state index >= 15 is 0 Å². The lowest BCUT2D eigenvalue weighted by atomic mass is 10.1. The van der Waals surface area contributed by atoms with Crippen molar-refractivity contribution in [3.05, 3.63) is 58.7 Å². The lowest BCUT2D eigenvalue weighted by Crippen LogP contribution is -2.04. The molecule has 0 spiro atoms.